The van der Waals surface area contributed by atoms with Crippen molar-refractivity contribution < 1.29 is 4.74 Å². The Morgan fingerprint density at radius 2 is 1.96 bits per heavy atom. The molecule has 1 N–H and O–H groups in total. The fourth-order valence-electron chi connectivity index (χ4n) is 2.63. The number of rotatable bonds is 9. The highest BCUT2D eigenvalue weighted by molar-refractivity contribution is 6.35. The zero-order chi connectivity index (χ0) is 18.2. The van der Waals surface area contributed by atoms with Gasteiger partial charge in [-0.25, -0.2) is 4.98 Å². The first-order chi connectivity index (χ1) is 12.7. The topological polar surface area (TPSA) is 52.0 Å². The summed E-state index contributed by atoms with van der Waals surface area (Å²) in [4.78, 5) is 4.00. The molecular weight excluding hydrogens is 371 g/mol. The summed E-state index contributed by atoms with van der Waals surface area (Å²) in [7, 11) is 0. The number of benzene rings is 2. The van der Waals surface area contributed by atoms with Crippen LogP contribution in [0, 0.1) is 0 Å². The minimum atomic E-state index is -0.00167. The van der Waals surface area contributed by atoms with Crippen molar-refractivity contribution in [2.24, 2.45) is 0 Å². The molecule has 1 heterocycles. The largest absolute Gasteiger partial charge is 0.494 e. The van der Waals surface area contributed by atoms with Gasteiger partial charge in [0.15, 0.2) is 0 Å². The maximum absolute atomic E-state index is 6.39. The number of ether oxygens (including phenoxy) is 1. The highest BCUT2D eigenvalue weighted by Gasteiger charge is 2.15. The number of aromatic nitrogens is 3. The summed E-state index contributed by atoms with van der Waals surface area (Å²) in [6.07, 6.45) is 4.08. The van der Waals surface area contributed by atoms with Crippen LogP contribution in [0.2, 0.25) is 10.0 Å². The number of hydrogen-bond acceptors (Lipinski definition) is 4. The standard InChI is InChI=1S/C19H20Cl2N4O/c20-15-7-8-17(18(21)11-15)19(12-25-14-22-13-24-25)23-9-4-10-26-16-5-2-1-3-6-16/h1-3,5-8,11,13-14,19,23H,4,9-10,12H2. The van der Waals surface area contributed by atoms with Crippen molar-refractivity contribution >= 4 is 23.2 Å². The van der Waals surface area contributed by atoms with E-state index in [1.54, 1.807) is 17.1 Å². The van der Waals surface area contributed by atoms with Crippen molar-refractivity contribution in [3.63, 3.8) is 0 Å². The summed E-state index contributed by atoms with van der Waals surface area (Å²) in [6, 6.07) is 15.3. The molecule has 1 atom stereocenters. The Hall–Kier alpha value is -2.08. The highest BCUT2D eigenvalue weighted by Crippen LogP contribution is 2.27. The quantitative estimate of drug-likeness (QED) is 0.550. The Morgan fingerprint density at radius 3 is 2.69 bits per heavy atom. The Kier molecular flexibility index (Phi) is 6.89. The minimum Gasteiger partial charge on any atom is -0.494 e. The first-order valence-corrected chi connectivity index (χ1v) is 9.16. The van der Waals surface area contributed by atoms with Crippen LogP contribution < -0.4 is 10.1 Å². The van der Waals surface area contributed by atoms with Gasteiger partial charge in [0.2, 0.25) is 0 Å². The summed E-state index contributed by atoms with van der Waals surface area (Å²) in [6.45, 7) is 2.05. The Morgan fingerprint density at radius 1 is 1.12 bits per heavy atom. The molecule has 7 heteroatoms. The van der Waals surface area contributed by atoms with E-state index in [2.05, 4.69) is 15.4 Å². The molecule has 1 aromatic heterocycles. The molecule has 0 saturated carbocycles. The van der Waals surface area contributed by atoms with E-state index in [0.29, 0.717) is 23.2 Å². The van der Waals surface area contributed by atoms with Crippen LogP contribution in [0.25, 0.3) is 0 Å². The highest BCUT2D eigenvalue weighted by atomic mass is 35.5. The predicted molar refractivity (Wildman–Crippen MR) is 104 cm³/mol. The van der Waals surface area contributed by atoms with E-state index in [1.807, 2.05) is 42.5 Å². The molecule has 0 amide bonds. The molecule has 0 bridgehead atoms. The fraction of sp³-hybridized carbons (Fsp3) is 0.263. The normalized spacial score (nSPS) is 12.1. The van der Waals surface area contributed by atoms with Crippen molar-refractivity contribution in [2.45, 2.75) is 19.0 Å². The molecule has 0 radical (unpaired) electrons. The fourth-order valence-corrected chi connectivity index (χ4v) is 3.17. The predicted octanol–water partition coefficient (Wildman–Crippen LogP) is 4.38. The van der Waals surface area contributed by atoms with E-state index < -0.39 is 0 Å². The van der Waals surface area contributed by atoms with Crippen LogP contribution in [0.3, 0.4) is 0 Å². The van der Waals surface area contributed by atoms with Crippen LogP contribution in [0.4, 0.5) is 0 Å². The van der Waals surface area contributed by atoms with Gasteiger partial charge in [-0.15, -0.1) is 0 Å². The summed E-state index contributed by atoms with van der Waals surface area (Å²) in [5.41, 5.74) is 0.982. The lowest BCUT2D eigenvalue weighted by atomic mass is 10.1. The number of halogens is 2. The second-order valence-electron chi connectivity index (χ2n) is 5.81. The minimum absolute atomic E-state index is 0.00167. The van der Waals surface area contributed by atoms with Gasteiger partial charge in [0, 0.05) is 10.0 Å². The van der Waals surface area contributed by atoms with E-state index in [1.165, 1.54) is 6.33 Å². The van der Waals surface area contributed by atoms with Crippen LogP contribution in [0.1, 0.15) is 18.0 Å². The molecule has 136 valence electrons. The van der Waals surface area contributed by atoms with Gasteiger partial charge in [0.05, 0.1) is 19.2 Å². The SMILES string of the molecule is Clc1ccc(C(Cn2cncn2)NCCCOc2ccccc2)c(Cl)c1. The molecule has 0 fully saturated rings. The first-order valence-electron chi connectivity index (χ1n) is 8.41. The van der Waals surface area contributed by atoms with Crippen molar-refractivity contribution in [3.8, 4) is 5.75 Å². The molecule has 0 aliphatic rings. The summed E-state index contributed by atoms with van der Waals surface area (Å²) in [5.74, 6) is 0.882. The van der Waals surface area contributed by atoms with Gasteiger partial charge < -0.3 is 10.1 Å². The third-order valence-corrected chi connectivity index (χ3v) is 4.46. The second-order valence-corrected chi connectivity index (χ2v) is 6.65. The molecule has 3 rings (SSSR count). The Balaban J connectivity index is 1.57. The van der Waals surface area contributed by atoms with E-state index in [-0.39, 0.29) is 6.04 Å². The number of nitrogens with one attached hydrogen (secondary N) is 1. The molecular formula is C19H20Cl2N4O. The van der Waals surface area contributed by atoms with E-state index in [4.69, 9.17) is 27.9 Å². The van der Waals surface area contributed by atoms with Crippen LogP contribution in [0.5, 0.6) is 5.75 Å². The lowest BCUT2D eigenvalue weighted by Gasteiger charge is -2.20. The van der Waals surface area contributed by atoms with Crippen LogP contribution in [-0.2, 0) is 6.54 Å². The number of hydrogen-bond donors (Lipinski definition) is 1. The van der Waals surface area contributed by atoms with Gasteiger partial charge in [-0.3, -0.25) is 4.68 Å². The van der Waals surface area contributed by atoms with Crippen LogP contribution >= 0.6 is 23.2 Å². The monoisotopic (exact) mass is 390 g/mol. The molecule has 1 unspecified atom stereocenters. The summed E-state index contributed by atoms with van der Waals surface area (Å²) in [5, 5.41) is 8.96. The van der Waals surface area contributed by atoms with Crippen molar-refractivity contribution in [1.82, 2.24) is 20.1 Å². The van der Waals surface area contributed by atoms with E-state index >= 15 is 0 Å². The molecule has 0 aliphatic carbocycles. The lowest BCUT2D eigenvalue weighted by Crippen LogP contribution is -2.28. The first kappa shape index (κ1) is 18.7. The average molecular weight is 391 g/mol. The molecule has 0 spiro atoms. The van der Waals surface area contributed by atoms with Crippen molar-refractivity contribution in [2.75, 3.05) is 13.2 Å². The van der Waals surface area contributed by atoms with E-state index in [0.717, 1.165) is 24.3 Å². The van der Waals surface area contributed by atoms with Gasteiger partial charge in [-0.1, -0.05) is 47.5 Å². The van der Waals surface area contributed by atoms with E-state index in [9.17, 15) is 0 Å². The number of para-hydroxylation sites is 1. The third-order valence-electron chi connectivity index (χ3n) is 3.90. The van der Waals surface area contributed by atoms with Crippen molar-refractivity contribution in [3.05, 3.63) is 76.8 Å². The Bertz CT molecular complexity index is 797. The maximum atomic E-state index is 6.39. The molecule has 26 heavy (non-hydrogen) atoms. The third kappa shape index (κ3) is 5.46. The van der Waals surface area contributed by atoms with Crippen LogP contribution in [0.15, 0.2) is 61.2 Å². The Labute approximate surface area is 162 Å². The van der Waals surface area contributed by atoms with Gasteiger partial charge in [0.1, 0.15) is 18.4 Å². The summed E-state index contributed by atoms with van der Waals surface area (Å²) < 4.78 is 7.51. The smallest absolute Gasteiger partial charge is 0.137 e. The lowest BCUT2D eigenvalue weighted by molar-refractivity contribution is 0.302. The van der Waals surface area contributed by atoms with Crippen molar-refractivity contribution in [1.29, 1.82) is 0 Å². The van der Waals surface area contributed by atoms with Crippen LogP contribution in [-0.4, -0.2) is 27.9 Å². The number of nitrogens with zero attached hydrogens (tertiary/aromatic N) is 3. The molecule has 3 aromatic rings. The van der Waals surface area contributed by atoms with Gasteiger partial charge in [-0.2, -0.15) is 5.10 Å². The molecule has 0 aliphatic heterocycles. The maximum Gasteiger partial charge on any atom is 0.137 e. The van der Waals surface area contributed by atoms with Gasteiger partial charge in [0.25, 0.3) is 0 Å². The second kappa shape index (κ2) is 9.57. The molecule has 0 saturated heterocycles. The zero-order valence-electron chi connectivity index (χ0n) is 14.2. The van der Waals surface area contributed by atoms with Gasteiger partial charge in [-0.05, 0) is 42.8 Å². The average Bonchev–Trinajstić information content (AvgIpc) is 3.15. The summed E-state index contributed by atoms with van der Waals surface area (Å²) >= 11 is 12.4. The zero-order valence-corrected chi connectivity index (χ0v) is 15.7. The van der Waals surface area contributed by atoms with Gasteiger partial charge >= 0.3 is 0 Å². The molecule has 5 nitrogen and oxygen atoms in total. The molecule has 2 aromatic carbocycles.